The fourth-order valence-corrected chi connectivity index (χ4v) is 3.25. The van der Waals surface area contributed by atoms with Gasteiger partial charge in [-0.3, -0.25) is 0 Å². The molecule has 0 bridgehead atoms. The molecular weight excluding hydrogens is 234 g/mol. The molecule has 0 aromatic carbocycles. The number of nitrogens with zero attached hydrogens (tertiary/aromatic N) is 2. The Morgan fingerprint density at radius 1 is 1.29 bits per heavy atom. The number of nitrogens with one attached hydrogen (secondary N) is 1. The van der Waals surface area contributed by atoms with Crippen molar-refractivity contribution in [1.29, 1.82) is 0 Å². The van der Waals surface area contributed by atoms with E-state index in [0.717, 1.165) is 43.6 Å². The highest BCUT2D eigenvalue weighted by atomic mass is 32.2. The SMILES string of the molecule is CCNCCc1nnc(CC2CCSCC2)o1. The van der Waals surface area contributed by atoms with Gasteiger partial charge in [0.1, 0.15) is 0 Å². The van der Waals surface area contributed by atoms with Crippen LogP contribution in [0.1, 0.15) is 31.5 Å². The molecule has 1 fully saturated rings. The van der Waals surface area contributed by atoms with Crippen LogP contribution in [0.4, 0.5) is 0 Å². The quantitative estimate of drug-likeness (QED) is 0.787. The molecule has 0 radical (unpaired) electrons. The highest BCUT2D eigenvalue weighted by Crippen LogP contribution is 2.25. The first-order valence-electron chi connectivity index (χ1n) is 6.48. The zero-order valence-electron chi connectivity index (χ0n) is 10.4. The van der Waals surface area contributed by atoms with Gasteiger partial charge < -0.3 is 9.73 Å². The molecule has 2 rings (SSSR count). The lowest BCUT2D eigenvalue weighted by Gasteiger charge is -2.19. The van der Waals surface area contributed by atoms with E-state index in [-0.39, 0.29) is 0 Å². The van der Waals surface area contributed by atoms with Gasteiger partial charge in [-0.2, -0.15) is 11.8 Å². The second-order valence-electron chi connectivity index (χ2n) is 4.45. The van der Waals surface area contributed by atoms with Crippen molar-refractivity contribution >= 4 is 11.8 Å². The summed E-state index contributed by atoms with van der Waals surface area (Å²) in [6.07, 6.45) is 4.38. The summed E-state index contributed by atoms with van der Waals surface area (Å²) >= 11 is 2.05. The minimum Gasteiger partial charge on any atom is -0.425 e. The van der Waals surface area contributed by atoms with Gasteiger partial charge >= 0.3 is 0 Å². The fourth-order valence-electron chi connectivity index (χ4n) is 2.04. The fraction of sp³-hybridized carbons (Fsp3) is 0.833. The van der Waals surface area contributed by atoms with Crippen molar-refractivity contribution in [2.45, 2.75) is 32.6 Å². The molecule has 5 heteroatoms. The smallest absolute Gasteiger partial charge is 0.217 e. The lowest BCUT2D eigenvalue weighted by Crippen LogP contribution is -2.16. The standard InChI is InChI=1S/C12H21N3OS/c1-2-13-6-3-11-14-15-12(16-11)9-10-4-7-17-8-5-10/h10,13H,2-9H2,1H3. The van der Waals surface area contributed by atoms with Crippen molar-refractivity contribution in [1.82, 2.24) is 15.5 Å². The Kier molecular flexibility index (Phi) is 5.32. The highest BCUT2D eigenvalue weighted by Gasteiger charge is 2.17. The molecule has 1 aliphatic rings. The number of hydrogen-bond acceptors (Lipinski definition) is 5. The molecule has 17 heavy (non-hydrogen) atoms. The van der Waals surface area contributed by atoms with Gasteiger partial charge in [-0.1, -0.05) is 6.92 Å². The van der Waals surface area contributed by atoms with Crippen LogP contribution in [-0.4, -0.2) is 34.8 Å². The number of aromatic nitrogens is 2. The zero-order chi connectivity index (χ0) is 11.9. The number of thioether (sulfide) groups is 1. The molecule has 0 spiro atoms. The van der Waals surface area contributed by atoms with Crippen molar-refractivity contribution in [3.63, 3.8) is 0 Å². The van der Waals surface area contributed by atoms with Gasteiger partial charge in [-0.05, 0) is 36.8 Å². The van der Waals surface area contributed by atoms with E-state index in [1.165, 1.54) is 24.3 Å². The van der Waals surface area contributed by atoms with Crippen LogP contribution in [0.5, 0.6) is 0 Å². The monoisotopic (exact) mass is 255 g/mol. The van der Waals surface area contributed by atoms with Crippen LogP contribution >= 0.6 is 11.8 Å². The molecule has 4 nitrogen and oxygen atoms in total. The molecule has 2 heterocycles. The maximum Gasteiger partial charge on any atom is 0.217 e. The van der Waals surface area contributed by atoms with E-state index in [0.29, 0.717) is 0 Å². The zero-order valence-corrected chi connectivity index (χ0v) is 11.3. The van der Waals surface area contributed by atoms with E-state index in [1.54, 1.807) is 0 Å². The summed E-state index contributed by atoms with van der Waals surface area (Å²) < 4.78 is 5.66. The van der Waals surface area contributed by atoms with Crippen molar-refractivity contribution in [2.24, 2.45) is 5.92 Å². The van der Waals surface area contributed by atoms with Crippen LogP contribution in [0.15, 0.2) is 4.42 Å². The van der Waals surface area contributed by atoms with Crippen molar-refractivity contribution in [2.75, 3.05) is 24.6 Å². The van der Waals surface area contributed by atoms with Crippen LogP contribution in [0, 0.1) is 5.92 Å². The van der Waals surface area contributed by atoms with E-state index >= 15 is 0 Å². The number of hydrogen-bond donors (Lipinski definition) is 1. The summed E-state index contributed by atoms with van der Waals surface area (Å²) in [5.74, 6) is 4.91. The summed E-state index contributed by atoms with van der Waals surface area (Å²) in [7, 11) is 0. The predicted molar refractivity (Wildman–Crippen MR) is 70.3 cm³/mol. The van der Waals surface area contributed by atoms with Crippen molar-refractivity contribution < 1.29 is 4.42 Å². The topological polar surface area (TPSA) is 51.0 Å². The summed E-state index contributed by atoms with van der Waals surface area (Å²) in [6, 6.07) is 0. The Bertz CT molecular complexity index is 323. The highest BCUT2D eigenvalue weighted by molar-refractivity contribution is 7.99. The molecule has 0 unspecified atom stereocenters. The molecular formula is C12H21N3OS. The molecule has 1 saturated heterocycles. The normalized spacial score (nSPS) is 17.5. The summed E-state index contributed by atoms with van der Waals surface area (Å²) in [5, 5.41) is 11.5. The molecule has 0 aliphatic carbocycles. The molecule has 1 aromatic rings. The van der Waals surface area contributed by atoms with E-state index in [1.807, 2.05) is 0 Å². The Balaban J connectivity index is 1.76. The van der Waals surface area contributed by atoms with Gasteiger partial charge in [0.05, 0.1) is 0 Å². The lowest BCUT2D eigenvalue weighted by atomic mass is 9.99. The second-order valence-corrected chi connectivity index (χ2v) is 5.68. The van der Waals surface area contributed by atoms with E-state index in [9.17, 15) is 0 Å². The summed E-state index contributed by atoms with van der Waals surface area (Å²) in [4.78, 5) is 0. The number of likely N-dealkylation sites (N-methyl/N-ethyl adjacent to an activating group) is 1. The van der Waals surface area contributed by atoms with Crippen molar-refractivity contribution in [3.8, 4) is 0 Å². The van der Waals surface area contributed by atoms with Crippen LogP contribution in [0.2, 0.25) is 0 Å². The van der Waals surface area contributed by atoms with Crippen molar-refractivity contribution in [3.05, 3.63) is 11.8 Å². The van der Waals surface area contributed by atoms with E-state index < -0.39 is 0 Å². The maximum absolute atomic E-state index is 5.66. The van der Waals surface area contributed by atoms with Gasteiger partial charge in [-0.25, -0.2) is 0 Å². The number of rotatable bonds is 6. The third kappa shape index (κ3) is 4.32. The minimum atomic E-state index is 0.748. The third-order valence-corrected chi connectivity index (χ3v) is 4.13. The first-order valence-corrected chi connectivity index (χ1v) is 7.63. The van der Waals surface area contributed by atoms with Crippen LogP contribution in [-0.2, 0) is 12.8 Å². The molecule has 0 saturated carbocycles. The van der Waals surface area contributed by atoms with Gasteiger partial charge in [0.25, 0.3) is 0 Å². The lowest BCUT2D eigenvalue weighted by molar-refractivity contribution is 0.389. The summed E-state index contributed by atoms with van der Waals surface area (Å²) in [6.45, 7) is 4.00. The van der Waals surface area contributed by atoms with Gasteiger partial charge in [0.2, 0.25) is 11.8 Å². The van der Waals surface area contributed by atoms with Gasteiger partial charge in [0.15, 0.2) is 0 Å². The third-order valence-electron chi connectivity index (χ3n) is 3.08. The largest absolute Gasteiger partial charge is 0.425 e. The molecule has 96 valence electrons. The minimum absolute atomic E-state index is 0.748. The van der Waals surface area contributed by atoms with E-state index in [2.05, 4.69) is 34.2 Å². The van der Waals surface area contributed by atoms with Crippen LogP contribution in [0.25, 0.3) is 0 Å². The maximum atomic E-state index is 5.66. The molecule has 0 atom stereocenters. The average Bonchev–Trinajstić information content (AvgIpc) is 2.79. The molecule has 1 aliphatic heterocycles. The first kappa shape index (κ1) is 12.9. The Hall–Kier alpha value is -0.550. The second kappa shape index (κ2) is 7.01. The van der Waals surface area contributed by atoms with E-state index in [4.69, 9.17) is 4.42 Å². The van der Waals surface area contributed by atoms with Gasteiger partial charge in [-0.15, -0.1) is 10.2 Å². The summed E-state index contributed by atoms with van der Waals surface area (Å²) in [5.41, 5.74) is 0. The Labute approximate surface area is 107 Å². The van der Waals surface area contributed by atoms with Crippen LogP contribution in [0.3, 0.4) is 0 Å². The average molecular weight is 255 g/mol. The first-order chi connectivity index (χ1) is 8.38. The Morgan fingerprint density at radius 3 is 2.82 bits per heavy atom. The molecule has 1 aromatic heterocycles. The molecule has 1 N–H and O–H groups in total. The van der Waals surface area contributed by atoms with Crippen LogP contribution < -0.4 is 5.32 Å². The Morgan fingerprint density at radius 2 is 2.06 bits per heavy atom. The molecule has 0 amide bonds. The van der Waals surface area contributed by atoms with Gasteiger partial charge in [0, 0.05) is 19.4 Å². The predicted octanol–water partition coefficient (Wildman–Crippen LogP) is 1.91.